The number of benzene rings is 2. The molecule has 1 heterocycles. The normalized spacial score (nSPS) is 24.5. The summed E-state index contributed by atoms with van der Waals surface area (Å²) in [6, 6.07) is 16.2. The van der Waals surface area contributed by atoms with Crippen LogP contribution in [0.3, 0.4) is 0 Å². The van der Waals surface area contributed by atoms with Crippen molar-refractivity contribution in [2.24, 2.45) is 28.0 Å². The van der Waals surface area contributed by atoms with Gasteiger partial charge >= 0.3 is 0 Å². The number of hydrogen-bond donors (Lipinski definition) is 0. The highest BCUT2D eigenvalue weighted by Gasteiger charge is 2.54. The molecule has 4 rings (SSSR count). The Bertz CT molecular complexity index is 737. The Morgan fingerprint density at radius 2 is 1.04 bits per heavy atom. The Balaban J connectivity index is 1.66. The smallest absolute Gasteiger partial charge is 0.118 e. The number of nitrogens with zero attached hydrogens (tertiary/aromatic N) is 2. The van der Waals surface area contributed by atoms with Crippen molar-refractivity contribution in [3.8, 4) is 11.5 Å². The molecule has 1 unspecified atom stereocenters. The largest absolute Gasteiger partial charge is 0.497 e. The predicted octanol–water partition coefficient (Wildman–Crippen LogP) is 3.79. The fraction of sp³-hybridized carbons (Fsp3) is 0.300. The first-order valence-electron chi connectivity index (χ1n) is 8.17. The average Bonchev–Trinajstić information content (AvgIpc) is 3.33. The number of hydrogen-bond acceptors (Lipinski definition) is 4. The van der Waals surface area contributed by atoms with Crippen molar-refractivity contribution in [2.45, 2.75) is 6.92 Å². The van der Waals surface area contributed by atoms with Crippen molar-refractivity contribution in [1.82, 2.24) is 0 Å². The van der Waals surface area contributed by atoms with Gasteiger partial charge in [-0.1, -0.05) is 6.92 Å². The van der Waals surface area contributed by atoms with Crippen molar-refractivity contribution >= 4 is 11.4 Å². The van der Waals surface area contributed by atoms with Crippen molar-refractivity contribution in [2.75, 3.05) is 14.2 Å². The third-order valence-corrected chi connectivity index (χ3v) is 5.05. The minimum absolute atomic E-state index is 0.452. The summed E-state index contributed by atoms with van der Waals surface area (Å²) in [6.45, 7) is 2.28. The Labute approximate surface area is 141 Å². The molecule has 2 aromatic rings. The molecule has 0 spiro atoms. The molecule has 0 aromatic heterocycles. The Hall–Kier alpha value is -2.62. The molecule has 0 amide bonds. The van der Waals surface area contributed by atoms with Crippen molar-refractivity contribution in [3.05, 3.63) is 59.7 Å². The lowest BCUT2D eigenvalue weighted by Crippen LogP contribution is -2.15. The second-order valence-electron chi connectivity index (χ2n) is 6.34. The van der Waals surface area contributed by atoms with Crippen molar-refractivity contribution in [1.29, 1.82) is 0 Å². The first-order valence-corrected chi connectivity index (χ1v) is 8.17. The fourth-order valence-electron chi connectivity index (χ4n) is 3.57. The summed E-state index contributed by atoms with van der Waals surface area (Å²) in [5.74, 6) is 3.19. The van der Waals surface area contributed by atoms with E-state index in [4.69, 9.17) is 9.47 Å². The monoisotopic (exact) mass is 320 g/mol. The lowest BCUT2D eigenvalue weighted by Gasteiger charge is -2.12. The van der Waals surface area contributed by atoms with Gasteiger partial charge in [0.25, 0.3) is 0 Å². The van der Waals surface area contributed by atoms with Crippen LogP contribution >= 0.6 is 0 Å². The van der Waals surface area contributed by atoms with Crippen LogP contribution in [0.4, 0.5) is 0 Å². The van der Waals surface area contributed by atoms with E-state index in [1.807, 2.05) is 24.3 Å². The summed E-state index contributed by atoms with van der Waals surface area (Å²) in [5, 5.41) is 9.12. The van der Waals surface area contributed by atoms with Gasteiger partial charge in [-0.3, -0.25) is 0 Å². The van der Waals surface area contributed by atoms with Crippen LogP contribution in [0.15, 0.2) is 58.7 Å². The van der Waals surface area contributed by atoms with Crippen molar-refractivity contribution in [3.63, 3.8) is 0 Å². The van der Waals surface area contributed by atoms with Crippen LogP contribution < -0.4 is 9.47 Å². The van der Waals surface area contributed by atoms with Gasteiger partial charge in [-0.2, -0.15) is 10.2 Å². The lowest BCUT2D eigenvalue weighted by molar-refractivity contribution is 0.414. The minimum atomic E-state index is 0.452. The maximum absolute atomic E-state index is 5.23. The summed E-state index contributed by atoms with van der Waals surface area (Å²) in [5.41, 5.74) is 4.44. The van der Waals surface area contributed by atoms with Crippen LogP contribution in [0.1, 0.15) is 18.1 Å². The summed E-state index contributed by atoms with van der Waals surface area (Å²) in [7, 11) is 3.36. The van der Waals surface area contributed by atoms with E-state index in [1.54, 1.807) is 14.2 Å². The van der Waals surface area contributed by atoms with E-state index in [9.17, 15) is 0 Å². The number of ether oxygens (including phenoxy) is 2. The first-order chi connectivity index (χ1) is 11.7. The first kappa shape index (κ1) is 14.9. The van der Waals surface area contributed by atoms with Gasteiger partial charge in [0.1, 0.15) is 11.5 Å². The van der Waals surface area contributed by atoms with Gasteiger partial charge in [0, 0.05) is 11.8 Å². The maximum atomic E-state index is 5.23. The third kappa shape index (κ3) is 2.39. The van der Waals surface area contributed by atoms with Gasteiger partial charge in [-0.25, -0.2) is 0 Å². The van der Waals surface area contributed by atoms with E-state index in [0.717, 1.165) is 34.0 Å². The molecule has 3 atom stereocenters. The molecule has 0 N–H and O–H groups in total. The van der Waals surface area contributed by atoms with Gasteiger partial charge < -0.3 is 9.47 Å². The molecule has 122 valence electrons. The zero-order valence-electron chi connectivity index (χ0n) is 14.1. The van der Waals surface area contributed by atoms with Crippen molar-refractivity contribution < 1.29 is 9.47 Å². The molecule has 1 aliphatic carbocycles. The predicted molar refractivity (Wildman–Crippen MR) is 95.2 cm³/mol. The highest BCUT2D eigenvalue weighted by atomic mass is 16.5. The van der Waals surface area contributed by atoms with Gasteiger partial charge in [0.15, 0.2) is 0 Å². The maximum Gasteiger partial charge on any atom is 0.118 e. The van der Waals surface area contributed by atoms with Gasteiger partial charge in [-0.15, -0.1) is 0 Å². The minimum Gasteiger partial charge on any atom is -0.497 e. The molecule has 4 heteroatoms. The topological polar surface area (TPSA) is 43.2 Å². The molecule has 2 aromatic carbocycles. The summed E-state index contributed by atoms with van der Waals surface area (Å²) in [6.07, 6.45) is 0. The van der Waals surface area contributed by atoms with Crippen LogP contribution in [0.25, 0.3) is 0 Å². The number of rotatable bonds is 4. The van der Waals surface area contributed by atoms with E-state index in [0.29, 0.717) is 17.8 Å². The zero-order valence-corrected chi connectivity index (χ0v) is 14.1. The van der Waals surface area contributed by atoms with Crippen LogP contribution in [-0.2, 0) is 0 Å². The molecule has 2 aliphatic rings. The Morgan fingerprint density at radius 3 is 1.38 bits per heavy atom. The van der Waals surface area contributed by atoms with Crippen LogP contribution in [0.2, 0.25) is 0 Å². The van der Waals surface area contributed by atoms with E-state index in [2.05, 4.69) is 41.4 Å². The van der Waals surface area contributed by atoms with E-state index >= 15 is 0 Å². The highest BCUT2D eigenvalue weighted by Crippen LogP contribution is 2.52. The summed E-state index contributed by atoms with van der Waals surface area (Å²) < 4.78 is 10.5. The molecular weight excluding hydrogens is 300 g/mol. The van der Waals surface area contributed by atoms with E-state index in [-0.39, 0.29) is 0 Å². The molecule has 24 heavy (non-hydrogen) atoms. The quantitative estimate of drug-likeness (QED) is 0.860. The molecule has 0 bridgehead atoms. The number of methoxy groups -OCH3 is 2. The third-order valence-electron chi connectivity index (χ3n) is 5.05. The molecular formula is C20H20N2O2. The number of fused-ring (bicyclic) bond motifs is 1. The van der Waals surface area contributed by atoms with Crippen LogP contribution in [-0.4, -0.2) is 25.6 Å². The molecule has 1 aliphatic heterocycles. The Kier molecular flexibility index (Phi) is 3.60. The van der Waals surface area contributed by atoms with Gasteiger partial charge in [-0.05, 0) is 65.6 Å². The fourth-order valence-corrected chi connectivity index (χ4v) is 3.57. The molecule has 0 saturated heterocycles. The van der Waals surface area contributed by atoms with E-state index < -0.39 is 0 Å². The summed E-state index contributed by atoms with van der Waals surface area (Å²) in [4.78, 5) is 0. The lowest BCUT2D eigenvalue weighted by atomic mass is 9.99. The second kappa shape index (κ2) is 5.78. The van der Waals surface area contributed by atoms with Crippen LogP contribution in [0.5, 0.6) is 11.5 Å². The molecule has 1 fully saturated rings. The standard InChI is InChI=1S/C20H20N2O2/c1-12-17-18(12)20(14-6-10-16(24-3)11-7-14)22-21-19(17)13-4-8-15(23-2)9-5-13/h4-12,17-18H,1-3H3/t12?,17-,18+. The Morgan fingerprint density at radius 1 is 0.667 bits per heavy atom. The summed E-state index contributed by atoms with van der Waals surface area (Å²) >= 11 is 0. The molecule has 1 saturated carbocycles. The van der Waals surface area contributed by atoms with Gasteiger partial charge in [0.05, 0.1) is 25.6 Å². The van der Waals surface area contributed by atoms with Gasteiger partial charge in [0.2, 0.25) is 0 Å². The second-order valence-corrected chi connectivity index (χ2v) is 6.34. The molecule has 0 radical (unpaired) electrons. The zero-order chi connectivity index (χ0) is 16.7. The van der Waals surface area contributed by atoms with E-state index in [1.165, 1.54) is 0 Å². The highest BCUT2D eigenvalue weighted by molar-refractivity contribution is 6.15. The molecule has 4 nitrogen and oxygen atoms in total. The SMILES string of the molecule is COc1ccc(C2=NN=C(c3ccc(OC)cc3)[C@H]3C(C)[C@@H]23)cc1. The van der Waals surface area contributed by atoms with Crippen LogP contribution in [0, 0.1) is 17.8 Å². The average molecular weight is 320 g/mol.